The van der Waals surface area contributed by atoms with E-state index >= 15 is 0 Å². The Kier molecular flexibility index (Phi) is 23.5. The predicted molar refractivity (Wildman–Crippen MR) is 224 cm³/mol. The fourth-order valence-corrected chi connectivity index (χ4v) is 6.16. The van der Waals surface area contributed by atoms with Crippen molar-refractivity contribution in [2.24, 2.45) is 0 Å². The van der Waals surface area contributed by atoms with Crippen LogP contribution in [0.1, 0.15) is 81.0 Å². The van der Waals surface area contributed by atoms with Gasteiger partial charge in [0.05, 0.1) is 58.5 Å². The van der Waals surface area contributed by atoms with Gasteiger partial charge < -0.3 is 39.4 Å². The number of pyridine rings is 1. The standard InChI is InChI=1S/2C18H17F9O9S.C5H5N/c2*1-14(30,16(19,20)21)2-4-35-12(28)9-6-10(8-11(7-9)37(32,33)34)13(29)36-5-3-15(31,17(22,23)24)18(25,26)27;1-2-4-6-5-3-1/h2*6-8,30-31H,2-5H2,1H3,(H,32,33,34);1-5H. The van der Waals surface area contributed by atoms with Gasteiger partial charge in [0.1, 0.15) is 0 Å². The van der Waals surface area contributed by atoms with Crippen molar-refractivity contribution in [1.82, 2.24) is 4.98 Å². The first-order valence-corrected chi connectivity index (χ1v) is 23.6. The summed E-state index contributed by atoms with van der Waals surface area (Å²) in [5.74, 6) is -6.82. The first-order chi connectivity index (χ1) is 35.7. The van der Waals surface area contributed by atoms with Crippen LogP contribution >= 0.6 is 0 Å². The SMILES string of the molecule is CC(O)(CCOC(=O)c1cc(C(=O)OCCC(O)(C(F)(F)F)C(F)(F)F)cc(S(=O)(=O)O)c1)C(F)(F)F.CC(O)(CCOC(=O)c1cc(C(=O)OCCC(O)(C(F)(F)F)C(F)(F)F)cc(S(=O)(=O)O)c1)C(F)(F)F.c1ccncc1. The lowest BCUT2D eigenvalue weighted by Gasteiger charge is -2.32. The molecule has 0 radical (unpaired) electrons. The lowest BCUT2D eigenvalue weighted by molar-refractivity contribution is -0.371. The molecule has 39 heteroatoms. The number of nitrogens with zero attached hydrogens (tertiary/aromatic N) is 1. The van der Waals surface area contributed by atoms with Gasteiger partial charge in [-0.15, -0.1) is 0 Å². The van der Waals surface area contributed by atoms with Crippen LogP contribution in [0.4, 0.5) is 79.0 Å². The second-order valence-electron chi connectivity index (χ2n) is 16.3. The molecule has 2 aromatic carbocycles. The zero-order valence-electron chi connectivity index (χ0n) is 39.7. The maximum Gasteiger partial charge on any atom is 0.426 e. The van der Waals surface area contributed by atoms with E-state index in [0.717, 1.165) is 0 Å². The van der Waals surface area contributed by atoms with Gasteiger partial charge in [-0.25, -0.2) is 19.2 Å². The Hall–Kier alpha value is -6.13. The largest absolute Gasteiger partial charge is 0.462 e. The van der Waals surface area contributed by atoms with E-state index < -0.39 is 188 Å². The fraction of sp³-hybridized carbons (Fsp3) is 0.488. The van der Waals surface area contributed by atoms with Crippen LogP contribution in [0.25, 0.3) is 0 Å². The third-order valence-electron chi connectivity index (χ3n) is 10.1. The Morgan fingerprint density at radius 2 is 0.625 bits per heavy atom. The Morgan fingerprint density at radius 3 is 0.787 bits per heavy atom. The van der Waals surface area contributed by atoms with Crippen molar-refractivity contribution in [3.63, 3.8) is 0 Å². The van der Waals surface area contributed by atoms with Gasteiger partial charge in [-0.3, -0.25) is 14.1 Å². The van der Waals surface area contributed by atoms with Crippen LogP contribution in [0.15, 0.2) is 76.8 Å². The Morgan fingerprint density at radius 1 is 0.400 bits per heavy atom. The molecule has 0 fully saturated rings. The Bertz CT molecular complexity index is 2600. The van der Waals surface area contributed by atoms with E-state index in [-0.39, 0.29) is 0 Å². The number of carbonyl (C=O) groups is 4. The number of benzene rings is 2. The smallest absolute Gasteiger partial charge is 0.426 e. The fourth-order valence-electron chi connectivity index (χ4n) is 5.05. The molecule has 0 aliphatic carbocycles. The third-order valence-corrected chi connectivity index (χ3v) is 11.7. The Labute approximate surface area is 436 Å². The highest BCUT2D eigenvalue weighted by atomic mass is 32.2. The van der Waals surface area contributed by atoms with Crippen molar-refractivity contribution in [2.75, 3.05) is 26.4 Å². The zero-order chi connectivity index (χ0) is 62.7. The van der Waals surface area contributed by atoms with Crippen LogP contribution in [0.3, 0.4) is 0 Å². The second kappa shape index (κ2) is 26.2. The number of esters is 4. The molecule has 0 aliphatic heterocycles. The molecule has 0 spiro atoms. The number of rotatable bonds is 18. The molecule has 3 rings (SSSR count). The van der Waals surface area contributed by atoms with Gasteiger partial charge in [-0.1, -0.05) is 6.07 Å². The summed E-state index contributed by atoms with van der Waals surface area (Å²) in [5, 5.41) is 36.6. The minimum absolute atomic E-state index is 0.308. The van der Waals surface area contributed by atoms with E-state index in [1.165, 1.54) is 0 Å². The number of aromatic nitrogens is 1. The first-order valence-electron chi connectivity index (χ1n) is 20.8. The number of hydrogen-bond acceptors (Lipinski definition) is 17. The van der Waals surface area contributed by atoms with Crippen molar-refractivity contribution in [2.45, 2.75) is 109 Å². The molecule has 2 atom stereocenters. The lowest BCUT2D eigenvalue weighted by Crippen LogP contribution is -2.57. The lowest BCUT2D eigenvalue weighted by atomic mass is 9.99. The maximum atomic E-state index is 12.7. The summed E-state index contributed by atoms with van der Waals surface area (Å²) < 4.78 is 309. The van der Waals surface area contributed by atoms with Gasteiger partial charge >= 0.3 is 60.9 Å². The Balaban J connectivity index is 0.000000721. The molecule has 0 amide bonds. The molecule has 1 aromatic heterocycles. The van der Waals surface area contributed by atoms with Crippen molar-refractivity contribution in [3.05, 3.63) is 89.2 Å². The molecule has 0 saturated carbocycles. The maximum absolute atomic E-state index is 12.7. The monoisotopic (exact) mass is 1240 g/mol. The van der Waals surface area contributed by atoms with Crippen LogP contribution in [0.2, 0.25) is 0 Å². The highest BCUT2D eigenvalue weighted by Crippen LogP contribution is 2.46. The normalized spacial score (nSPS) is 14.6. The summed E-state index contributed by atoms with van der Waals surface area (Å²) >= 11 is 0. The van der Waals surface area contributed by atoms with Crippen molar-refractivity contribution in [3.8, 4) is 0 Å². The number of ether oxygens (including phenoxy) is 4. The minimum Gasteiger partial charge on any atom is -0.462 e. The zero-order valence-corrected chi connectivity index (χ0v) is 41.3. The van der Waals surface area contributed by atoms with Crippen molar-refractivity contribution < 1.29 is 164 Å². The molecular weight excluding hydrogens is 1200 g/mol. The van der Waals surface area contributed by atoms with Crippen LogP contribution in [-0.2, 0) is 39.2 Å². The van der Waals surface area contributed by atoms with Gasteiger partial charge in [0.25, 0.3) is 31.4 Å². The molecule has 3 aromatic rings. The van der Waals surface area contributed by atoms with E-state index in [1.807, 2.05) is 18.2 Å². The molecule has 0 bridgehead atoms. The van der Waals surface area contributed by atoms with Crippen LogP contribution < -0.4 is 0 Å². The molecule has 6 N–H and O–H groups in total. The van der Waals surface area contributed by atoms with E-state index in [0.29, 0.717) is 50.2 Å². The van der Waals surface area contributed by atoms with Crippen molar-refractivity contribution in [1.29, 1.82) is 0 Å². The predicted octanol–water partition coefficient (Wildman–Crippen LogP) is 7.47. The summed E-state index contributed by atoms with van der Waals surface area (Å²) in [6, 6.07) is 7.98. The summed E-state index contributed by atoms with van der Waals surface area (Å²) in [7, 11) is -10.4. The van der Waals surface area contributed by atoms with E-state index in [2.05, 4.69) is 23.9 Å². The van der Waals surface area contributed by atoms with Gasteiger partial charge in [-0.05, 0) is 62.4 Å². The molecule has 454 valence electrons. The molecule has 1 heterocycles. The number of aliphatic hydroxyl groups is 4. The highest BCUT2D eigenvalue weighted by Gasteiger charge is 2.71. The average molecular weight is 1240 g/mol. The molecule has 0 aliphatic rings. The summed E-state index contributed by atoms with van der Waals surface area (Å²) in [5.41, 5.74) is -21.0. The summed E-state index contributed by atoms with van der Waals surface area (Å²) in [4.78, 5) is 49.7. The number of carbonyl (C=O) groups excluding carboxylic acids is 4. The van der Waals surface area contributed by atoms with Gasteiger partial charge in [0, 0.05) is 38.1 Å². The van der Waals surface area contributed by atoms with Crippen LogP contribution in [0, 0.1) is 0 Å². The number of hydrogen-bond donors (Lipinski definition) is 6. The number of alkyl halides is 18. The quantitative estimate of drug-likeness (QED) is 0.0311. The molecular formula is C41H39F18NO18S2. The molecule has 19 nitrogen and oxygen atoms in total. The third kappa shape index (κ3) is 20.1. The average Bonchev–Trinajstić information content (AvgIpc) is 3.29. The topological polar surface area (TPSA) is 308 Å². The summed E-state index contributed by atoms with van der Waals surface area (Å²) in [6.45, 7) is -4.89. The van der Waals surface area contributed by atoms with E-state index in [4.69, 9.17) is 19.3 Å². The van der Waals surface area contributed by atoms with Gasteiger partial charge in [0.15, 0.2) is 11.2 Å². The minimum atomic E-state index is -6.23. The molecule has 0 saturated heterocycles. The highest BCUT2D eigenvalue weighted by molar-refractivity contribution is 7.86. The van der Waals surface area contributed by atoms with Crippen molar-refractivity contribution >= 4 is 44.1 Å². The van der Waals surface area contributed by atoms with Gasteiger partial charge in [-0.2, -0.15) is 95.9 Å². The number of halogens is 18. The van der Waals surface area contributed by atoms with E-state index in [9.17, 15) is 125 Å². The molecule has 2 unspecified atom stereocenters. The van der Waals surface area contributed by atoms with E-state index in [1.54, 1.807) is 12.4 Å². The summed E-state index contributed by atoms with van der Waals surface area (Å²) in [6.07, 6.45) is -38.5. The molecule has 80 heavy (non-hydrogen) atoms. The van der Waals surface area contributed by atoms with Gasteiger partial charge in [0.2, 0.25) is 0 Å². The second-order valence-corrected chi connectivity index (χ2v) is 19.1. The first kappa shape index (κ1) is 71.9. The van der Waals surface area contributed by atoms with Crippen LogP contribution in [0.5, 0.6) is 0 Å². The van der Waals surface area contributed by atoms with Crippen LogP contribution in [-0.4, -0.2) is 161 Å².